The van der Waals surface area contributed by atoms with Crippen LogP contribution in [0.25, 0.3) is 22.3 Å². The Labute approximate surface area is 235 Å². The molecule has 0 aliphatic carbocycles. The predicted octanol–water partition coefficient (Wildman–Crippen LogP) is 6.05. The molecule has 206 valence electrons. The number of piperidine rings is 1. The second-order valence-electron chi connectivity index (χ2n) is 11.1. The fraction of sp³-hybridized carbons (Fsp3) is 0.375. The standard InChI is InChI=1S/C32H37N7O/c1-38-18-12-24(13-19-38)8-7-23-5-4-17-39(20-14-23)31(40)30-22-25-21-26(9-10-27(25)36-30)35-32-34-16-11-29(37-32)28-6-2-3-15-33-28/h2-3,5-6,9-11,15-16,21-22,24,36H,4,7-8,12-14,17-20H2,1H3,(H,34,35,37). The number of benzene rings is 1. The molecular formula is C32H37N7O. The van der Waals surface area contributed by atoms with Gasteiger partial charge in [-0.2, -0.15) is 0 Å². The van der Waals surface area contributed by atoms with E-state index in [2.05, 4.69) is 43.3 Å². The lowest BCUT2D eigenvalue weighted by Crippen LogP contribution is -2.32. The van der Waals surface area contributed by atoms with Gasteiger partial charge in [0.25, 0.3) is 5.91 Å². The lowest BCUT2D eigenvalue weighted by molar-refractivity contribution is 0.0758. The van der Waals surface area contributed by atoms with Crippen LogP contribution in [0.2, 0.25) is 0 Å². The van der Waals surface area contributed by atoms with Gasteiger partial charge in [0.1, 0.15) is 5.69 Å². The summed E-state index contributed by atoms with van der Waals surface area (Å²) in [5.41, 5.74) is 5.50. The molecule has 0 atom stereocenters. The van der Waals surface area contributed by atoms with E-state index in [4.69, 9.17) is 0 Å². The lowest BCUT2D eigenvalue weighted by atomic mass is 9.90. The maximum atomic E-state index is 13.4. The summed E-state index contributed by atoms with van der Waals surface area (Å²) in [4.78, 5) is 34.6. The van der Waals surface area contributed by atoms with Crippen molar-refractivity contribution in [3.63, 3.8) is 0 Å². The van der Waals surface area contributed by atoms with Crippen LogP contribution in [0.1, 0.15) is 49.0 Å². The minimum Gasteiger partial charge on any atom is -0.351 e. The highest BCUT2D eigenvalue weighted by atomic mass is 16.2. The van der Waals surface area contributed by atoms with E-state index >= 15 is 0 Å². The van der Waals surface area contributed by atoms with Crippen molar-refractivity contribution in [3.05, 3.63) is 78.3 Å². The monoisotopic (exact) mass is 535 g/mol. The first-order valence-electron chi connectivity index (χ1n) is 14.4. The molecule has 0 bridgehead atoms. The van der Waals surface area contributed by atoms with Crippen molar-refractivity contribution in [3.8, 4) is 11.4 Å². The number of carbonyl (C=O) groups is 1. The largest absolute Gasteiger partial charge is 0.351 e. The van der Waals surface area contributed by atoms with Crippen LogP contribution in [0.15, 0.2) is 72.6 Å². The van der Waals surface area contributed by atoms with Gasteiger partial charge in [0.2, 0.25) is 5.95 Å². The van der Waals surface area contributed by atoms with Crippen LogP contribution >= 0.6 is 0 Å². The number of nitrogens with zero attached hydrogens (tertiary/aromatic N) is 5. The molecule has 2 N–H and O–H groups in total. The van der Waals surface area contributed by atoms with Crippen molar-refractivity contribution in [2.75, 3.05) is 38.5 Å². The summed E-state index contributed by atoms with van der Waals surface area (Å²) in [5, 5.41) is 4.26. The van der Waals surface area contributed by atoms with Gasteiger partial charge in [-0.3, -0.25) is 9.78 Å². The van der Waals surface area contributed by atoms with E-state index in [0.717, 1.165) is 59.8 Å². The van der Waals surface area contributed by atoms with E-state index in [1.54, 1.807) is 12.4 Å². The third-order valence-corrected chi connectivity index (χ3v) is 8.22. The fourth-order valence-electron chi connectivity index (χ4n) is 5.79. The van der Waals surface area contributed by atoms with Gasteiger partial charge in [-0.1, -0.05) is 17.7 Å². The van der Waals surface area contributed by atoms with Gasteiger partial charge < -0.3 is 20.1 Å². The van der Waals surface area contributed by atoms with Crippen molar-refractivity contribution in [1.82, 2.24) is 29.7 Å². The first-order chi connectivity index (χ1) is 19.6. The molecule has 1 fully saturated rings. The molecule has 8 nitrogen and oxygen atoms in total. The topological polar surface area (TPSA) is 90.0 Å². The number of fused-ring (bicyclic) bond motifs is 1. The van der Waals surface area contributed by atoms with Gasteiger partial charge >= 0.3 is 0 Å². The Hall–Kier alpha value is -4.04. The van der Waals surface area contributed by atoms with E-state index in [-0.39, 0.29) is 5.91 Å². The van der Waals surface area contributed by atoms with E-state index in [9.17, 15) is 4.79 Å². The zero-order valence-corrected chi connectivity index (χ0v) is 23.1. The van der Waals surface area contributed by atoms with Crippen molar-refractivity contribution in [2.24, 2.45) is 5.92 Å². The Kier molecular flexibility index (Phi) is 7.86. The zero-order chi connectivity index (χ0) is 27.3. The summed E-state index contributed by atoms with van der Waals surface area (Å²) in [7, 11) is 2.22. The van der Waals surface area contributed by atoms with Gasteiger partial charge in [-0.25, -0.2) is 9.97 Å². The third kappa shape index (κ3) is 6.23. The summed E-state index contributed by atoms with van der Waals surface area (Å²) < 4.78 is 0. The minimum absolute atomic E-state index is 0.0714. The minimum atomic E-state index is 0.0714. The first kappa shape index (κ1) is 26.2. The highest BCUT2D eigenvalue weighted by molar-refractivity contribution is 5.98. The summed E-state index contributed by atoms with van der Waals surface area (Å²) >= 11 is 0. The van der Waals surface area contributed by atoms with E-state index in [1.807, 2.05) is 53.4 Å². The van der Waals surface area contributed by atoms with Crippen LogP contribution in [0.5, 0.6) is 0 Å². The summed E-state index contributed by atoms with van der Waals surface area (Å²) in [6, 6.07) is 15.5. The molecule has 8 heteroatoms. The molecule has 0 unspecified atom stereocenters. The number of amides is 1. The Morgan fingerprint density at radius 1 is 1.00 bits per heavy atom. The molecule has 5 heterocycles. The maximum absolute atomic E-state index is 13.4. The average Bonchev–Trinajstić information content (AvgIpc) is 3.27. The van der Waals surface area contributed by atoms with Gasteiger partial charge in [-0.15, -0.1) is 0 Å². The molecule has 6 rings (SSSR count). The lowest BCUT2D eigenvalue weighted by Gasteiger charge is -2.29. The highest BCUT2D eigenvalue weighted by Crippen LogP contribution is 2.27. The van der Waals surface area contributed by atoms with Crippen molar-refractivity contribution in [2.45, 2.75) is 38.5 Å². The fourth-order valence-corrected chi connectivity index (χ4v) is 5.79. The van der Waals surface area contributed by atoms with E-state index in [1.165, 1.54) is 44.3 Å². The van der Waals surface area contributed by atoms with Gasteiger partial charge in [0, 0.05) is 42.1 Å². The Morgan fingerprint density at radius 3 is 2.75 bits per heavy atom. The SMILES string of the molecule is CN1CCC(CCC2=CCCN(C(=O)c3cc4cc(Nc5nccc(-c6ccccn6)n5)ccc4[nH]3)CC2)CC1. The molecule has 40 heavy (non-hydrogen) atoms. The quantitative estimate of drug-likeness (QED) is 0.280. The average molecular weight is 536 g/mol. The molecule has 2 aliphatic rings. The summed E-state index contributed by atoms with van der Waals surface area (Å²) in [6.07, 6.45) is 12.9. The number of aromatic amines is 1. The van der Waals surface area contributed by atoms with Crippen LogP contribution in [-0.4, -0.2) is 68.9 Å². The molecule has 2 aliphatic heterocycles. The van der Waals surface area contributed by atoms with E-state index in [0.29, 0.717) is 11.6 Å². The molecule has 1 amide bonds. The molecule has 4 aromatic rings. The Morgan fingerprint density at radius 2 is 1.90 bits per heavy atom. The van der Waals surface area contributed by atoms with Crippen LogP contribution in [0.3, 0.4) is 0 Å². The number of nitrogens with one attached hydrogen (secondary N) is 2. The highest BCUT2D eigenvalue weighted by Gasteiger charge is 2.21. The number of rotatable bonds is 7. The predicted molar refractivity (Wildman–Crippen MR) is 160 cm³/mol. The number of likely N-dealkylation sites (tertiary alicyclic amines) is 1. The second kappa shape index (κ2) is 12.0. The molecule has 0 radical (unpaired) electrons. The smallest absolute Gasteiger partial charge is 0.270 e. The number of pyridine rings is 1. The number of carbonyl (C=O) groups excluding carboxylic acids is 1. The normalized spacial score (nSPS) is 17.0. The molecule has 3 aromatic heterocycles. The molecule has 1 saturated heterocycles. The summed E-state index contributed by atoms with van der Waals surface area (Å²) in [6.45, 7) is 3.99. The third-order valence-electron chi connectivity index (χ3n) is 8.22. The Balaban J connectivity index is 1.07. The first-order valence-corrected chi connectivity index (χ1v) is 14.4. The van der Waals surface area contributed by atoms with Gasteiger partial charge in [0.05, 0.1) is 11.4 Å². The van der Waals surface area contributed by atoms with Gasteiger partial charge in [-0.05, 0) is 107 Å². The van der Waals surface area contributed by atoms with Crippen LogP contribution in [0, 0.1) is 5.92 Å². The Bertz CT molecular complexity index is 1490. The second-order valence-corrected chi connectivity index (χ2v) is 11.1. The molecule has 0 saturated carbocycles. The molecule has 0 spiro atoms. The number of anilines is 2. The maximum Gasteiger partial charge on any atom is 0.270 e. The van der Waals surface area contributed by atoms with Crippen LogP contribution < -0.4 is 5.32 Å². The summed E-state index contributed by atoms with van der Waals surface area (Å²) in [5.74, 6) is 1.42. The molecule has 1 aromatic carbocycles. The molecular weight excluding hydrogens is 498 g/mol. The van der Waals surface area contributed by atoms with Crippen molar-refractivity contribution < 1.29 is 4.79 Å². The van der Waals surface area contributed by atoms with E-state index < -0.39 is 0 Å². The van der Waals surface area contributed by atoms with Crippen molar-refractivity contribution in [1.29, 1.82) is 0 Å². The number of hydrogen-bond acceptors (Lipinski definition) is 6. The van der Waals surface area contributed by atoms with Gasteiger partial charge in [0.15, 0.2) is 0 Å². The number of H-pyrrole nitrogens is 1. The zero-order valence-electron chi connectivity index (χ0n) is 23.1. The number of aromatic nitrogens is 4. The van der Waals surface area contributed by atoms with Crippen LogP contribution in [0.4, 0.5) is 11.6 Å². The van der Waals surface area contributed by atoms with Crippen LogP contribution in [-0.2, 0) is 0 Å². The number of hydrogen-bond donors (Lipinski definition) is 2. The van der Waals surface area contributed by atoms with Crippen molar-refractivity contribution >= 4 is 28.4 Å².